The van der Waals surface area contributed by atoms with Crippen LogP contribution in [0.5, 0.6) is 46.0 Å². The number of aliphatic hydroxyl groups is 15. The Morgan fingerprint density at radius 2 is 1.23 bits per heavy atom. The molecular weight excluding hydrogens is 2010 g/mol. The summed E-state index contributed by atoms with van der Waals surface area (Å²) in [4.78, 5) is 134. The van der Waals surface area contributed by atoms with E-state index in [1.165, 1.54) is 19.2 Å². The summed E-state index contributed by atoms with van der Waals surface area (Å²) >= 11 is 14.4. The first-order valence-corrected chi connectivity index (χ1v) is 47.7. The molecule has 0 spiro atoms. The van der Waals surface area contributed by atoms with Crippen molar-refractivity contribution >= 4 is 76.4 Å². The second-order valence-corrected chi connectivity index (χ2v) is 38.1. The first-order valence-electron chi connectivity index (χ1n) is 46.9. The van der Waals surface area contributed by atoms with Crippen LogP contribution in [0.3, 0.4) is 0 Å². The number of nitrogens with two attached hydrogens (primary N) is 1. The van der Waals surface area contributed by atoms with Gasteiger partial charge in [0.15, 0.2) is 42.3 Å². The van der Waals surface area contributed by atoms with Crippen LogP contribution < -0.4 is 73.1 Å². The number of halogens is 5. The van der Waals surface area contributed by atoms with Crippen LogP contribution in [-0.4, -0.2) is 318 Å². The van der Waals surface area contributed by atoms with Crippen LogP contribution in [-0.2, 0) is 81.4 Å². The van der Waals surface area contributed by atoms with Crippen molar-refractivity contribution in [3.05, 3.63) is 176 Å². The zero-order valence-electron chi connectivity index (χ0n) is 79.3. The molecule has 7 aliphatic heterocycles. The summed E-state index contributed by atoms with van der Waals surface area (Å²) < 4.78 is 84.0. The minimum Gasteiger partial charge on any atom is -0.507 e. The lowest BCUT2D eigenvalue weighted by Gasteiger charge is -2.53. The Labute approximate surface area is 850 Å². The smallest absolute Gasteiger partial charge is 0.416 e. The number of carboxylic acid groups (broad SMARTS) is 1. The fourth-order valence-electron chi connectivity index (χ4n) is 18.4. The number of benzene rings is 7. The van der Waals surface area contributed by atoms with Crippen LogP contribution in [0, 0.1) is 11.8 Å². The van der Waals surface area contributed by atoms with Gasteiger partial charge in [-0.15, -0.1) is 0 Å². The molecule has 148 heavy (non-hydrogen) atoms. The van der Waals surface area contributed by atoms with E-state index in [2.05, 4.69) is 53.2 Å². The second kappa shape index (κ2) is 48.4. The number of carboxylic acids is 1. The van der Waals surface area contributed by atoms with Gasteiger partial charge in [-0.3, -0.25) is 38.4 Å². The van der Waals surface area contributed by atoms with Crippen molar-refractivity contribution in [2.75, 3.05) is 40.0 Å². The van der Waals surface area contributed by atoms with Gasteiger partial charge in [-0.2, -0.15) is 13.2 Å². The minimum atomic E-state index is -4.58. The molecule has 7 aromatic rings. The van der Waals surface area contributed by atoms with Crippen LogP contribution in [0.1, 0.15) is 134 Å². The van der Waals surface area contributed by atoms with E-state index in [0.29, 0.717) is 16.7 Å². The van der Waals surface area contributed by atoms with Gasteiger partial charge in [-0.25, -0.2) is 4.79 Å². The van der Waals surface area contributed by atoms with Gasteiger partial charge in [0.25, 0.3) is 5.91 Å². The maximum Gasteiger partial charge on any atom is 0.416 e. The molecule has 8 aliphatic rings. The molecule has 2 saturated heterocycles. The molecule has 0 radical (unpaired) electrons. The summed E-state index contributed by atoms with van der Waals surface area (Å²) in [6.45, 7) is 1.18. The largest absolute Gasteiger partial charge is 0.507 e. The van der Waals surface area contributed by atoms with E-state index < -0.39 is 363 Å². The third kappa shape index (κ3) is 25.5. The molecule has 7 aromatic carbocycles. The fraction of sp³-hybridized carbons (Fsp3) is 0.474. The normalized spacial score (nSPS) is 27.5. The highest BCUT2D eigenvalue weighted by atomic mass is 35.5. The lowest BCUT2D eigenvalue weighted by molar-refractivity contribution is -0.324. The number of fused-ring (bicyclic) bond motifs is 15. The van der Waals surface area contributed by atoms with Crippen LogP contribution in [0.15, 0.2) is 121 Å². The standard InChI is InChI=1S/C97H116Cl2F3N11O35/c1-38(2)24-53(104-4)86(133)112-70-72(122)44-13-18-58(51(98)26-44)142-61-28-46-29-62(83(61)148-95-84(78(128)76(126)63(37-116)145-95)146-65(121)33-96(32-39(3)85(96)132)107-34-40-6-8-41(9-7-40)42-10-15-47(16-11-42)97(100,101)102)143-59-19-14-45(27-52(59)99)73(123)71-91(138)111-69(93(140)141)49-30-56(118)50(35-105-21-5-22-106-92(139)80(130)79(129)82(57(119)36-115)147-94-81(131)77(127)75(125)60(144-94)20-23-114)74(124)66(49)48-25-43(12-17-55(48)117)67(88(135)113-71)110-89(136)68(46)109-87(134)54(31-64(103)120)108-90(70)137/h6-19,25-30,38-39,53-54,57,60,63,65,67-73,75-82,84-85,94-95,104-105,107,114-119,121-132H,5,20-24,31-37H2,1-4H3,(H2,103,120)(H,106,139)(H,108,137)(H,109,134)(H,110,136)(H,111,138)(H,112,133)(H,113,135)(H,140,141)/t39-,53-,54+,57-,60?,63-,65+,67+,68-,69+,70-,71+,72-,73-,75+,76?,77+,78?,79-,80-,81?,82-,84-,85-,94+,95+,96?/m1/s1. The van der Waals surface area contributed by atoms with E-state index in [-0.39, 0.29) is 56.8 Å². The number of alkyl halides is 3. The van der Waals surface area contributed by atoms with Gasteiger partial charge in [-0.05, 0) is 157 Å². The number of rotatable bonds is 34. The summed E-state index contributed by atoms with van der Waals surface area (Å²) in [7, 11) is 1.43. The number of hydrogen-bond acceptors (Lipinski definition) is 37. The van der Waals surface area contributed by atoms with Crippen molar-refractivity contribution in [1.29, 1.82) is 0 Å². The Balaban J connectivity index is 0.898. The highest BCUT2D eigenvalue weighted by Crippen LogP contribution is 2.52. The van der Waals surface area contributed by atoms with Gasteiger partial charge in [0.2, 0.25) is 53.4 Å². The average Bonchev–Trinajstić information content (AvgIpc) is 0.757. The first-order chi connectivity index (χ1) is 70.1. The molecule has 15 rings (SSSR count). The van der Waals surface area contributed by atoms with E-state index in [1.54, 1.807) is 45.0 Å². The number of primary amides is 1. The molecule has 46 nitrogen and oxygen atoms in total. The molecule has 0 aromatic heterocycles. The molecule has 804 valence electrons. The van der Waals surface area contributed by atoms with Gasteiger partial charge >= 0.3 is 12.1 Å². The molecule has 7 heterocycles. The molecule has 3 fully saturated rings. The quantitative estimate of drug-likeness (QED) is 0.0161. The average molecular weight is 2120 g/mol. The first kappa shape index (κ1) is 113. The highest BCUT2D eigenvalue weighted by molar-refractivity contribution is 6.32. The van der Waals surface area contributed by atoms with Gasteiger partial charge in [0.1, 0.15) is 126 Å². The summed E-state index contributed by atoms with van der Waals surface area (Å²) in [5, 5.41) is 241. The summed E-state index contributed by atoms with van der Waals surface area (Å²) in [6, 6.07) is 7.56. The number of carbonyl (C=O) groups is 9. The Kier molecular flexibility index (Phi) is 37.0. The van der Waals surface area contributed by atoms with Gasteiger partial charge in [0.05, 0.1) is 59.1 Å². The predicted molar refractivity (Wildman–Crippen MR) is 506 cm³/mol. The number of amides is 8. The zero-order valence-corrected chi connectivity index (χ0v) is 80.8. The van der Waals surface area contributed by atoms with Gasteiger partial charge in [0, 0.05) is 54.9 Å². The van der Waals surface area contributed by atoms with Crippen molar-refractivity contribution in [3.63, 3.8) is 0 Å². The van der Waals surface area contributed by atoms with E-state index >= 15 is 24.0 Å². The van der Waals surface area contributed by atoms with Crippen molar-refractivity contribution in [2.24, 2.45) is 17.6 Å². The van der Waals surface area contributed by atoms with Crippen molar-refractivity contribution in [2.45, 2.75) is 237 Å². The highest BCUT2D eigenvalue weighted by Gasteiger charge is 2.56. The minimum absolute atomic E-state index is 0.00433. The predicted octanol–water partition coefficient (Wildman–Crippen LogP) is -1.54. The summed E-state index contributed by atoms with van der Waals surface area (Å²) in [5.74, 6) is -19.9. The number of phenolic OH excluding ortho intramolecular Hbond substituents is 3. The van der Waals surface area contributed by atoms with E-state index in [4.69, 9.17) is 62.1 Å². The Bertz CT molecular complexity index is 5970. The maximum absolute atomic E-state index is 16.5. The molecule has 11 bridgehead atoms. The van der Waals surface area contributed by atoms with E-state index in [9.17, 15) is 129 Å². The SMILES string of the molecule is CN[C@H](CC(C)C)C(=O)N[C@H]1C(=O)N[C@@H](CC(N)=O)C(=O)N[C@H]2C(=O)N[C@@H]3C(=O)N[C@H](C(=O)N[C@H](C(=O)O)c4cc(O)c(CNCCCNC(=O)[C@H](O)[C@@H](O)[C@H](O[C@@H]5OC(CCO)[C@H](O)[C@H](O)C5O)[C@H](O)CO)c(O)c4-c4cc3ccc4O)[C@H](O)c3ccc(c(Cl)c3)Oc3cc2cc(c3O[C@@H]2O[C@H](CO)C(O)C(O)[C@H]2O[C@H](O)CC2(NCc3ccc(-c4ccc(C(F)(F)F)cc4)cc3)C[C@@H](C)[C@H]2O)Oc2ccc(cc2Cl)[C@H]1O. The van der Waals surface area contributed by atoms with Crippen molar-refractivity contribution in [3.8, 4) is 68.2 Å². The lowest BCUT2D eigenvalue weighted by Crippen LogP contribution is -2.67. The third-order valence-corrected chi connectivity index (χ3v) is 27.0. The van der Waals surface area contributed by atoms with E-state index in [0.717, 1.165) is 84.9 Å². The van der Waals surface area contributed by atoms with Crippen LogP contribution in [0.25, 0.3) is 22.3 Å². The summed E-state index contributed by atoms with van der Waals surface area (Å²) in [5.41, 5.74) is 0.747. The number of phenols is 3. The Morgan fingerprint density at radius 1 is 0.628 bits per heavy atom. The van der Waals surface area contributed by atoms with Crippen molar-refractivity contribution < 1.29 is 187 Å². The Hall–Kier alpha value is -11.9. The molecule has 27 atom stereocenters. The van der Waals surface area contributed by atoms with Crippen LogP contribution >= 0.6 is 23.2 Å². The number of aromatic hydroxyl groups is 3. The number of aliphatic hydroxyl groups excluding tert-OH is 15. The number of carbonyl (C=O) groups excluding carboxylic acids is 8. The number of ether oxygens (including phenoxy) is 7. The molecule has 5 unspecified atom stereocenters. The number of aliphatic carboxylic acids is 1. The molecule has 51 heteroatoms. The van der Waals surface area contributed by atoms with Crippen molar-refractivity contribution in [1.82, 2.24) is 53.2 Å². The Morgan fingerprint density at radius 3 is 1.81 bits per heavy atom. The molecule has 1 aliphatic carbocycles. The molecular formula is C97H116Cl2F3N11O35. The van der Waals surface area contributed by atoms with E-state index in [1.807, 2.05) is 0 Å². The number of likely N-dealkylation sites (N-methyl/N-ethyl adjacent to an activating group) is 1. The molecule has 31 N–H and O–H groups in total. The van der Waals surface area contributed by atoms with Crippen LogP contribution in [0.2, 0.25) is 10.0 Å². The fourth-order valence-corrected chi connectivity index (χ4v) is 18.8. The topological polar surface area (TPSA) is 749 Å². The molecule has 1 saturated carbocycles. The number of nitrogens with one attached hydrogen (secondary N) is 10. The summed E-state index contributed by atoms with van der Waals surface area (Å²) in [6.07, 6.45) is -43.3. The molecule has 8 amide bonds. The third-order valence-electron chi connectivity index (χ3n) is 26.4. The van der Waals surface area contributed by atoms with Gasteiger partial charge in [-0.1, -0.05) is 98.6 Å². The lowest BCUT2D eigenvalue weighted by atomic mass is 9.64. The monoisotopic (exact) mass is 2120 g/mol. The van der Waals surface area contributed by atoms with Gasteiger partial charge < -0.3 is 189 Å². The maximum atomic E-state index is 16.5. The second-order valence-electron chi connectivity index (χ2n) is 37.2. The van der Waals surface area contributed by atoms with Crippen LogP contribution in [0.4, 0.5) is 13.2 Å². The zero-order chi connectivity index (χ0) is 108. The number of hydrogen-bond donors (Lipinski definition) is 30.